The molecule has 0 atom stereocenters. The van der Waals surface area contributed by atoms with Crippen LogP contribution in [0.5, 0.6) is 0 Å². The summed E-state index contributed by atoms with van der Waals surface area (Å²) in [6.07, 6.45) is 0. The second-order valence-corrected chi connectivity index (χ2v) is 7.29. The molecule has 0 saturated heterocycles. The van der Waals surface area contributed by atoms with Gasteiger partial charge in [0.2, 0.25) is 0 Å². The summed E-state index contributed by atoms with van der Waals surface area (Å²) < 4.78 is 3.65. The lowest BCUT2D eigenvalue weighted by atomic mass is 9.85. The van der Waals surface area contributed by atoms with Crippen molar-refractivity contribution in [2.75, 3.05) is 0 Å². The van der Waals surface area contributed by atoms with Gasteiger partial charge in [-0.3, -0.25) is 0 Å². The first-order chi connectivity index (χ1) is 13.5. The first-order valence-corrected chi connectivity index (χ1v) is 9.16. The standard InChI is InChI=1S/C23H21N5/c1-17-15-20(25-27(17)18-11-7-5-8-12-18)23(2,3)21-16-22(24-4)28(26-21)19-13-9-6-10-14-19/h5-16H,1-3H3. The van der Waals surface area contributed by atoms with Crippen LogP contribution in [0.1, 0.15) is 30.9 Å². The molecule has 0 amide bonds. The van der Waals surface area contributed by atoms with E-state index in [9.17, 15) is 0 Å². The van der Waals surface area contributed by atoms with Crippen molar-refractivity contribution in [3.63, 3.8) is 0 Å². The maximum atomic E-state index is 7.55. The highest BCUT2D eigenvalue weighted by Crippen LogP contribution is 2.34. The molecule has 0 saturated carbocycles. The summed E-state index contributed by atoms with van der Waals surface area (Å²) in [5.41, 5.74) is 4.26. The molecule has 5 heteroatoms. The van der Waals surface area contributed by atoms with Gasteiger partial charge in [0.25, 0.3) is 5.82 Å². The molecule has 5 nitrogen and oxygen atoms in total. The van der Waals surface area contributed by atoms with Crippen LogP contribution in [-0.2, 0) is 5.41 Å². The average molecular weight is 367 g/mol. The van der Waals surface area contributed by atoms with Gasteiger partial charge in [0, 0.05) is 5.69 Å². The molecule has 0 bridgehead atoms. The minimum Gasteiger partial charge on any atom is -0.362 e. The van der Waals surface area contributed by atoms with Crippen molar-refractivity contribution in [1.29, 1.82) is 0 Å². The van der Waals surface area contributed by atoms with Gasteiger partial charge in [0.05, 0.1) is 22.5 Å². The Kier molecular flexibility index (Phi) is 4.32. The van der Waals surface area contributed by atoms with Crippen LogP contribution in [0, 0.1) is 13.5 Å². The first-order valence-electron chi connectivity index (χ1n) is 9.16. The normalized spacial score (nSPS) is 11.4. The molecule has 0 unspecified atom stereocenters. The summed E-state index contributed by atoms with van der Waals surface area (Å²) in [6.45, 7) is 13.8. The molecule has 0 aliphatic rings. The Morgan fingerprint density at radius 2 is 1.29 bits per heavy atom. The lowest BCUT2D eigenvalue weighted by Crippen LogP contribution is -2.21. The van der Waals surface area contributed by atoms with E-state index >= 15 is 0 Å². The smallest absolute Gasteiger partial charge is 0.257 e. The van der Waals surface area contributed by atoms with Crippen LogP contribution in [0.3, 0.4) is 0 Å². The van der Waals surface area contributed by atoms with Gasteiger partial charge in [0.1, 0.15) is 5.69 Å². The number of hydrogen-bond donors (Lipinski definition) is 0. The molecule has 0 aliphatic heterocycles. The maximum absolute atomic E-state index is 7.55. The lowest BCUT2D eigenvalue weighted by Gasteiger charge is -2.19. The summed E-state index contributed by atoms with van der Waals surface area (Å²) in [5, 5.41) is 9.62. The zero-order valence-electron chi connectivity index (χ0n) is 16.2. The van der Waals surface area contributed by atoms with Crippen molar-refractivity contribution in [2.45, 2.75) is 26.2 Å². The molecule has 2 aromatic carbocycles. The monoisotopic (exact) mass is 367 g/mol. The second-order valence-electron chi connectivity index (χ2n) is 7.29. The highest BCUT2D eigenvalue weighted by molar-refractivity contribution is 5.49. The Balaban J connectivity index is 1.78. The minimum atomic E-state index is -0.440. The van der Waals surface area contributed by atoms with E-state index in [1.54, 1.807) is 4.68 Å². The van der Waals surface area contributed by atoms with Gasteiger partial charge in [-0.1, -0.05) is 48.1 Å². The van der Waals surface area contributed by atoms with Crippen molar-refractivity contribution >= 4 is 5.82 Å². The van der Waals surface area contributed by atoms with E-state index in [2.05, 4.69) is 24.8 Å². The third-order valence-electron chi connectivity index (χ3n) is 4.97. The van der Waals surface area contributed by atoms with Crippen LogP contribution in [0.25, 0.3) is 16.2 Å². The number of nitrogens with zero attached hydrogens (tertiary/aromatic N) is 5. The molecule has 2 heterocycles. The molecule has 0 N–H and O–H groups in total. The Bertz CT molecular complexity index is 1140. The largest absolute Gasteiger partial charge is 0.362 e. The van der Waals surface area contributed by atoms with Crippen LogP contribution in [0.4, 0.5) is 5.82 Å². The Morgan fingerprint density at radius 3 is 1.86 bits per heavy atom. The Labute approximate surface area is 164 Å². The third-order valence-corrected chi connectivity index (χ3v) is 4.97. The van der Waals surface area contributed by atoms with Gasteiger partial charge >= 0.3 is 0 Å². The van der Waals surface area contributed by atoms with E-state index in [1.807, 2.05) is 78.3 Å². The van der Waals surface area contributed by atoms with E-state index in [0.29, 0.717) is 5.82 Å². The van der Waals surface area contributed by atoms with Crippen LogP contribution >= 0.6 is 0 Å². The number of rotatable bonds is 4. The van der Waals surface area contributed by atoms with E-state index in [1.165, 1.54) is 0 Å². The number of para-hydroxylation sites is 2. The number of aromatic nitrogens is 4. The van der Waals surface area contributed by atoms with Crippen LogP contribution in [-0.4, -0.2) is 19.6 Å². The number of aryl methyl sites for hydroxylation is 1. The van der Waals surface area contributed by atoms with Gasteiger partial charge in [0.15, 0.2) is 0 Å². The van der Waals surface area contributed by atoms with E-state index < -0.39 is 5.41 Å². The Hall–Kier alpha value is -3.65. The topological polar surface area (TPSA) is 40.0 Å². The molecular weight excluding hydrogens is 346 g/mol. The van der Waals surface area contributed by atoms with Crippen LogP contribution in [0.15, 0.2) is 72.8 Å². The molecule has 0 fully saturated rings. The second kappa shape index (κ2) is 6.82. The third kappa shape index (κ3) is 2.99. The number of hydrogen-bond acceptors (Lipinski definition) is 2. The SMILES string of the molecule is [C-]#[N+]c1cc(C(C)(C)c2cc(C)n(-c3ccccc3)n2)nn1-c1ccccc1. The predicted octanol–water partition coefficient (Wildman–Crippen LogP) is 5.24. The summed E-state index contributed by atoms with van der Waals surface area (Å²) >= 11 is 0. The summed E-state index contributed by atoms with van der Waals surface area (Å²) in [4.78, 5) is 3.67. The minimum absolute atomic E-state index is 0.440. The fourth-order valence-corrected chi connectivity index (χ4v) is 3.26. The molecule has 2 aromatic heterocycles. The fraction of sp³-hybridized carbons (Fsp3) is 0.174. The van der Waals surface area contributed by atoms with Crippen molar-refractivity contribution in [3.8, 4) is 11.4 Å². The molecule has 4 aromatic rings. The van der Waals surface area contributed by atoms with E-state index in [4.69, 9.17) is 16.8 Å². The Morgan fingerprint density at radius 1 is 0.786 bits per heavy atom. The highest BCUT2D eigenvalue weighted by atomic mass is 15.3. The molecule has 0 radical (unpaired) electrons. The van der Waals surface area contributed by atoms with E-state index in [0.717, 1.165) is 28.5 Å². The zero-order chi connectivity index (χ0) is 19.7. The van der Waals surface area contributed by atoms with Crippen molar-refractivity contribution in [1.82, 2.24) is 19.6 Å². The van der Waals surface area contributed by atoms with Gasteiger partial charge in [-0.05, 0) is 57.2 Å². The predicted molar refractivity (Wildman–Crippen MR) is 110 cm³/mol. The molecule has 4 rings (SSSR count). The highest BCUT2D eigenvalue weighted by Gasteiger charge is 2.31. The molecular formula is C23H21N5. The average Bonchev–Trinajstić information content (AvgIpc) is 3.34. The molecule has 28 heavy (non-hydrogen) atoms. The molecule has 0 aliphatic carbocycles. The lowest BCUT2D eigenvalue weighted by molar-refractivity contribution is 0.576. The van der Waals surface area contributed by atoms with Crippen molar-refractivity contribution in [3.05, 3.63) is 101 Å². The molecule has 0 spiro atoms. The summed E-state index contributed by atoms with van der Waals surface area (Å²) in [7, 11) is 0. The number of benzene rings is 2. The maximum Gasteiger partial charge on any atom is 0.257 e. The van der Waals surface area contributed by atoms with Gasteiger partial charge in [-0.25, -0.2) is 4.68 Å². The van der Waals surface area contributed by atoms with E-state index in [-0.39, 0.29) is 0 Å². The van der Waals surface area contributed by atoms with Crippen LogP contribution < -0.4 is 0 Å². The summed E-state index contributed by atoms with van der Waals surface area (Å²) in [6, 6.07) is 23.8. The first kappa shape index (κ1) is 17.7. The molecule has 138 valence electrons. The van der Waals surface area contributed by atoms with Gasteiger partial charge < -0.3 is 4.85 Å². The quantitative estimate of drug-likeness (QED) is 0.463. The fourth-order valence-electron chi connectivity index (χ4n) is 3.26. The van der Waals surface area contributed by atoms with Crippen LogP contribution in [0.2, 0.25) is 0 Å². The van der Waals surface area contributed by atoms with Gasteiger partial charge in [-0.15, -0.1) is 0 Å². The van der Waals surface area contributed by atoms with Gasteiger partial charge in [-0.2, -0.15) is 9.78 Å². The zero-order valence-corrected chi connectivity index (χ0v) is 16.2. The van der Waals surface area contributed by atoms with Crippen molar-refractivity contribution < 1.29 is 0 Å². The van der Waals surface area contributed by atoms with Crippen molar-refractivity contribution in [2.24, 2.45) is 0 Å². The summed E-state index contributed by atoms with van der Waals surface area (Å²) in [5.74, 6) is 0.494.